The highest BCUT2D eigenvalue weighted by Gasteiger charge is 1.99. The van der Waals surface area contributed by atoms with E-state index in [2.05, 4.69) is 5.32 Å². The number of carbonyl (C=O) groups is 1. The molecule has 0 unspecified atom stereocenters. The number of hydrogen-bond acceptors (Lipinski definition) is 3. The van der Waals surface area contributed by atoms with E-state index in [0.29, 0.717) is 6.61 Å². The van der Waals surface area contributed by atoms with Crippen molar-refractivity contribution in [3.63, 3.8) is 0 Å². The molecule has 0 aliphatic rings. The van der Waals surface area contributed by atoms with E-state index in [1.165, 1.54) is 6.08 Å². The van der Waals surface area contributed by atoms with Crippen molar-refractivity contribution < 1.29 is 14.3 Å². The molecule has 0 radical (unpaired) electrons. The van der Waals surface area contributed by atoms with E-state index < -0.39 is 0 Å². The van der Waals surface area contributed by atoms with Crippen molar-refractivity contribution in [3.05, 3.63) is 65.7 Å². The van der Waals surface area contributed by atoms with E-state index in [4.69, 9.17) is 9.47 Å². The fraction of sp³-hybridized carbons (Fsp3) is 0.167. The first kappa shape index (κ1) is 15.8. The second kappa shape index (κ2) is 8.00. The van der Waals surface area contributed by atoms with E-state index >= 15 is 0 Å². The summed E-state index contributed by atoms with van der Waals surface area (Å²) in [5.74, 6) is 0.613. The number of anilines is 1. The van der Waals surface area contributed by atoms with Gasteiger partial charge in [-0.25, -0.2) is 0 Å². The standard InChI is InChI=1S/C18H19NO3/c1-21-13-15-4-3-5-16(12-15)19-18(20)11-8-14-6-9-17(22-2)10-7-14/h3-12H,13H2,1-2H3,(H,19,20)/b11-8+. The van der Waals surface area contributed by atoms with Crippen molar-refractivity contribution >= 4 is 17.7 Å². The molecule has 2 aromatic rings. The molecule has 0 aliphatic heterocycles. The van der Waals surface area contributed by atoms with Crippen LogP contribution < -0.4 is 10.1 Å². The molecule has 114 valence electrons. The summed E-state index contributed by atoms with van der Waals surface area (Å²) in [7, 11) is 3.26. The summed E-state index contributed by atoms with van der Waals surface area (Å²) < 4.78 is 10.2. The van der Waals surface area contributed by atoms with Crippen molar-refractivity contribution in [1.29, 1.82) is 0 Å². The maximum atomic E-state index is 11.9. The lowest BCUT2D eigenvalue weighted by Crippen LogP contribution is -2.07. The molecule has 0 atom stereocenters. The molecular weight excluding hydrogens is 278 g/mol. The molecule has 0 bridgehead atoms. The molecule has 0 saturated heterocycles. The monoisotopic (exact) mass is 297 g/mol. The zero-order chi connectivity index (χ0) is 15.8. The average Bonchev–Trinajstić information content (AvgIpc) is 2.54. The molecule has 2 rings (SSSR count). The summed E-state index contributed by atoms with van der Waals surface area (Å²) in [5, 5.41) is 2.83. The highest BCUT2D eigenvalue weighted by atomic mass is 16.5. The van der Waals surface area contributed by atoms with Crippen LogP contribution >= 0.6 is 0 Å². The Balaban J connectivity index is 1.96. The van der Waals surface area contributed by atoms with Crippen LogP contribution in [0.15, 0.2) is 54.6 Å². The number of methoxy groups -OCH3 is 2. The van der Waals surface area contributed by atoms with Gasteiger partial charge in [0.05, 0.1) is 13.7 Å². The molecule has 0 fully saturated rings. The first-order valence-corrected chi connectivity index (χ1v) is 6.92. The normalized spacial score (nSPS) is 10.6. The van der Waals surface area contributed by atoms with Gasteiger partial charge in [-0.2, -0.15) is 0 Å². The van der Waals surface area contributed by atoms with Gasteiger partial charge in [-0.05, 0) is 41.5 Å². The van der Waals surface area contributed by atoms with Crippen LogP contribution in [-0.4, -0.2) is 20.1 Å². The largest absolute Gasteiger partial charge is 0.497 e. The van der Waals surface area contributed by atoms with Crippen molar-refractivity contribution in [2.45, 2.75) is 6.61 Å². The number of rotatable bonds is 6. The van der Waals surface area contributed by atoms with Gasteiger partial charge in [-0.15, -0.1) is 0 Å². The summed E-state index contributed by atoms with van der Waals surface area (Å²) in [4.78, 5) is 11.9. The van der Waals surface area contributed by atoms with Crippen LogP contribution in [-0.2, 0) is 16.1 Å². The van der Waals surface area contributed by atoms with Gasteiger partial charge >= 0.3 is 0 Å². The lowest BCUT2D eigenvalue weighted by atomic mass is 10.2. The van der Waals surface area contributed by atoms with Crippen LogP contribution in [0.25, 0.3) is 6.08 Å². The van der Waals surface area contributed by atoms with E-state index in [9.17, 15) is 4.79 Å². The third kappa shape index (κ3) is 4.75. The average molecular weight is 297 g/mol. The van der Waals surface area contributed by atoms with Gasteiger partial charge < -0.3 is 14.8 Å². The van der Waals surface area contributed by atoms with Crippen molar-refractivity contribution in [3.8, 4) is 5.75 Å². The summed E-state index contributed by atoms with van der Waals surface area (Å²) >= 11 is 0. The highest BCUT2D eigenvalue weighted by molar-refractivity contribution is 6.01. The minimum atomic E-state index is -0.176. The Morgan fingerprint density at radius 2 is 1.91 bits per heavy atom. The Morgan fingerprint density at radius 3 is 2.59 bits per heavy atom. The number of benzene rings is 2. The van der Waals surface area contributed by atoms with Crippen LogP contribution in [0.2, 0.25) is 0 Å². The van der Waals surface area contributed by atoms with Gasteiger partial charge in [0.1, 0.15) is 5.75 Å². The third-order valence-electron chi connectivity index (χ3n) is 3.05. The molecule has 0 heterocycles. The molecule has 0 aliphatic carbocycles. The quantitative estimate of drug-likeness (QED) is 0.830. The topological polar surface area (TPSA) is 47.6 Å². The van der Waals surface area contributed by atoms with Gasteiger partial charge in [0.25, 0.3) is 0 Å². The van der Waals surface area contributed by atoms with Crippen LogP contribution in [0.3, 0.4) is 0 Å². The molecule has 2 aromatic carbocycles. The maximum Gasteiger partial charge on any atom is 0.248 e. The zero-order valence-electron chi connectivity index (χ0n) is 12.7. The summed E-state index contributed by atoms with van der Waals surface area (Å²) in [6, 6.07) is 15.1. The smallest absolute Gasteiger partial charge is 0.248 e. The lowest BCUT2D eigenvalue weighted by molar-refractivity contribution is -0.111. The molecule has 0 aromatic heterocycles. The van der Waals surface area contributed by atoms with E-state index in [1.54, 1.807) is 20.3 Å². The summed E-state index contributed by atoms with van der Waals surface area (Å²) in [6.45, 7) is 0.519. The second-order valence-corrected chi connectivity index (χ2v) is 4.73. The molecule has 4 nitrogen and oxygen atoms in total. The van der Waals surface area contributed by atoms with Crippen molar-refractivity contribution in [1.82, 2.24) is 0 Å². The molecule has 4 heteroatoms. The Morgan fingerprint density at radius 1 is 1.14 bits per heavy atom. The van der Waals surface area contributed by atoms with E-state index in [0.717, 1.165) is 22.6 Å². The second-order valence-electron chi connectivity index (χ2n) is 4.73. The highest BCUT2D eigenvalue weighted by Crippen LogP contribution is 2.13. The maximum absolute atomic E-state index is 11.9. The first-order valence-electron chi connectivity index (χ1n) is 6.92. The number of ether oxygens (including phenoxy) is 2. The van der Waals surface area contributed by atoms with Crippen molar-refractivity contribution in [2.75, 3.05) is 19.5 Å². The molecular formula is C18H19NO3. The molecule has 22 heavy (non-hydrogen) atoms. The Hall–Kier alpha value is -2.59. The Bertz CT molecular complexity index is 648. The minimum absolute atomic E-state index is 0.176. The fourth-order valence-corrected chi connectivity index (χ4v) is 1.98. The van der Waals surface area contributed by atoms with E-state index in [-0.39, 0.29) is 5.91 Å². The molecule has 0 saturated carbocycles. The summed E-state index contributed by atoms with van der Waals surface area (Å²) in [5.41, 5.74) is 2.70. The van der Waals surface area contributed by atoms with Crippen molar-refractivity contribution in [2.24, 2.45) is 0 Å². The fourth-order valence-electron chi connectivity index (χ4n) is 1.98. The number of amides is 1. The third-order valence-corrected chi connectivity index (χ3v) is 3.05. The Labute approximate surface area is 130 Å². The predicted octanol–water partition coefficient (Wildman–Crippen LogP) is 3.49. The van der Waals surface area contributed by atoms with Crippen LogP contribution in [0, 0.1) is 0 Å². The minimum Gasteiger partial charge on any atom is -0.497 e. The van der Waals surface area contributed by atoms with Crippen LogP contribution in [0.5, 0.6) is 5.75 Å². The van der Waals surface area contributed by atoms with Gasteiger partial charge in [0, 0.05) is 18.9 Å². The van der Waals surface area contributed by atoms with E-state index in [1.807, 2.05) is 48.5 Å². The molecule has 1 N–H and O–H groups in total. The zero-order valence-corrected chi connectivity index (χ0v) is 12.7. The summed E-state index contributed by atoms with van der Waals surface area (Å²) in [6.07, 6.45) is 3.26. The predicted molar refractivity (Wildman–Crippen MR) is 87.8 cm³/mol. The molecule has 1 amide bonds. The Kier molecular flexibility index (Phi) is 5.74. The number of nitrogens with one attached hydrogen (secondary N) is 1. The first-order chi connectivity index (χ1) is 10.7. The molecule has 0 spiro atoms. The van der Waals surface area contributed by atoms with Gasteiger partial charge in [0.15, 0.2) is 0 Å². The number of hydrogen-bond donors (Lipinski definition) is 1. The van der Waals surface area contributed by atoms with Gasteiger partial charge in [-0.3, -0.25) is 4.79 Å². The van der Waals surface area contributed by atoms with Gasteiger partial charge in [0.2, 0.25) is 5.91 Å². The SMILES string of the molecule is COCc1cccc(NC(=O)/C=C/c2ccc(OC)cc2)c1. The lowest BCUT2D eigenvalue weighted by Gasteiger charge is -2.05. The van der Waals surface area contributed by atoms with Crippen LogP contribution in [0.1, 0.15) is 11.1 Å². The van der Waals surface area contributed by atoms with Gasteiger partial charge in [-0.1, -0.05) is 24.3 Å². The number of carbonyl (C=O) groups excluding carboxylic acids is 1. The van der Waals surface area contributed by atoms with Crippen LogP contribution in [0.4, 0.5) is 5.69 Å².